The predicted octanol–water partition coefficient (Wildman–Crippen LogP) is -0.986. The first kappa shape index (κ1) is 12.4. The lowest BCUT2D eigenvalue weighted by Crippen LogP contribution is -2.37. The minimum Gasteiger partial charge on any atom is -0.396 e. The summed E-state index contributed by atoms with van der Waals surface area (Å²) in [6.07, 6.45) is 0. The molecule has 0 aromatic heterocycles. The van der Waals surface area contributed by atoms with Crippen molar-refractivity contribution in [3.05, 3.63) is 0 Å². The number of methoxy groups -OCH3 is 1. The Morgan fingerprint density at radius 2 is 2.20 bits per heavy atom. The number of likely N-dealkylation sites (N-methyl/N-ethyl adjacent to an activating group) is 1. The second kappa shape index (κ2) is 5.44. The highest BCUT2D eigenvalue weighted by Gasteiger charge is 2.35. The van der Waals surface area contributed by atoms with Crippen molar-refractivity contribution in [3.63, 3.8) is 0 Å². The fourth-order valence-electron chi connectivity index (χ4n) is 2.04. The highest BCUT2D eigenvalue weighted by atomic mass is 16.5. The average molecular weight is 216 g/mol. The number of rotatable bonds is 4. The molecule has 0 aromatic carbocycles. The van der Waals surface area contributed by atoms with E-state index in [0.29, 0.717) is 13.1 Å². The first-order valence-corrected chi connectivity index (χ1v) is 5.14. The Hall–Kier alpha value is -0.650. The lowest BCUT2D eigenvalue weighted by molar-refractivity contribution is -0.134. The molecule has 1 heterocycles. The van der Waals surface area contributed by atoms with E-state index in [1.54, 1.807) is 4.90 Å². The van der Waals surface area contributed by atoms with Gasteiger partial charge in [0.25, 0.3) is 0 Å². The van der Waals surface area contributed by atoms with Gasteiger partial charge in [-0.15, -0.1) is 0 Å². The molecule has 2 atom stereocenters. The van der Waals surface area contributed by atoms with Crippen molar-refractivity contribution in [3.8, 4) is 0 Å². The number of carbonyl (C=O) groups excluding carboxylic acids is 1. The Morgan fingerprint density at radius 1 is 1.53 bits per heavy atom. The summed E-state index contributed by atoms with van der Waals surface area (Å²) < 4.78 is 4.81. The molecule has 5 heteroatoms. The second-order valence-corrected chi connectivity index (χ2v) is 4.21. The van der Waals surface area contributed by atoms with Crippen molar-refractivity contribution in [2.45, 2.75) is 6.04 Å². The smallest absolute Gasteiger partial charge is 0.248 e. The molecule has 1 amide bonds. The third-order valence-corrected chi connectivity index (χ3v) is 2.92. The van der Waals surface area contributed by atoms with Gasteiger partial charge in [0.05, 0.1) is 0 Å². The second-order valence-electron chi connectivity index (χ2n) is 4.21. The van der Waals surface area contributed by atoms with Crippen LogP contribution in [0.3, 0.4) is 0 Å². The molecule has 0 aliphatic carbocycles. The average Bonchev–Trinajstić information content (AvgIpc) is 2.61. The predicted molar refractivity (Wildman–Crippen MR) is 56.5 cm³/mol. The van der Waals surface area contributed by atoms with Gasteiger partial charge in [-0.25, -0.2) is 0 Å². The molecular weight excluding hydrogens is 196 g/mol. The first-order chi connectivity index (χ1) is 7.10. The number of hydrogen-bond donors (Lipinski definition) is 1. The van der Waals surface area contributed by atoms with Crippen LogP contribution in [-0.4, -0.2) is 74.4 Å². The number of aliphatic hydroxyl groups excluding tert-OH is 1. The van der Waals surface area contributed by atoms with E-state index in [0.717, 1.165) is 0 Å². The lowest BCUT2D eigenvalue weighted by Gasteiger charge is -2.23. The molecule has 1 aliphatic heterocycles. The lowest BCUT2D eigenvalue weighted by atomic mass is 10.0. The summed E-state index contributed by atoms with van der Waals surface area (Å²) in [6.45, 7) is 1.56. The quantitative estimate of drug-likeness (QED) is 0.656. The zero-order chi connectivity index (χ0) is 11.4. The van der Waals surface area contributed by atoms with Crippen LogP contribution in [0.25, 0.3) is 0 Å². The van der Waals surface area contributed by atoms with E-state index in [1.165, 1.54) is 7.11 Å². The highest BCUT2D eigenvalue weighted by molar-refractivity contribution is 5.77. The number of amides is 1. The molecule has 0 bridgehead atoms. The summed E-state index contributed by atoms with van der Waals surface area (Å²) >= 11 is 0. The molecule has 0 radical (unpaired) electrons. The van der Waals surface area contributed by atoms with Gasteiger partial charge in [0.2, 0.25) is 5.91 Å². The molecule has 1 aliphatic rings. The van der Waals surface area contributed by atoms with E-state index >= 15 is 0 Å². The van der Waals surface area contributed by atoms with Crippen LogP contribution in [0.5, 0.6) is 0 Å². The Balaban J connectivity index is 2.56. The van der Waals surface area contributed by atoms with E-state index in [4.69, 9.17) is 4.74 Å². The van der Waals surface area contributed by atoms with Crippen LogP contribution in [0, 0.1) is 5.92 Å². The molecule has 15 heavy (non-hydrogen) atoms. The van der Waals surface area contributed by atoms with Gasteiger partial charge >= 0.3 is 0 Å². The van der Waals surface area contributed by atoms with Crippen LogP contribution in [0.4, 0.5) is 0 Å². The number of aliphatic hydroxyl groups is 1. The van der Waals surface area contributed by atoms with Gasteiger partial charge in [0.1, 0.15) is 6.61 Å². The summed E-state index contributed by atoms with van der Waals surface area (Å²) in [4.78, 5) is 15.4. The van der Waals surface area contributed by atoms with Crippen molar-refractivity contribution in [2.75, 3.05) is 47.5 Å². The SMILES string of the molecule is COCC(=O)N1C[C@@H](CO)[C@H](N(C)C)C1. The number of nitrogens with zero attached hydrogens (tertiary/aromatic N) is 2. The monoisotopic (exact) mass is 216 g/mol. The number of hydrogen-bond acceptors (Lipinski definition) is 4. The summed E-state index contributed by atoms with van der Waals surface area (Å²) in [5.74, 6) is 0.154. The molecule has 88 valence electrons. The fraction of sp³-hybridized carbons (Fsp3) is 0.900. The van der Waals surface area contributed by atoms with E-state index in [-0.39, 0.29) is 31.1 Å². The Kier molecular flexibility index (Phi) is 4.50. The third kappa shape index (κ3) is 2.90. The van der Waals surface area contributed by atoms with Gasteiger partial charge in [-0.3, -0.25) is 4.79 Å². The summed E-state index contributed by atoms with van der Waals surface area (Å²) in [6, 6.07) is 0.246. The van der Waals surface area contributed by atoms with E-state index in [2.05, 4.69) is 4.90 Å². The molecule has 1 saturated heterocycles. The largest absolute Gasteiger partial charge is 0.396 e. The van der Waals surface area contributed by atoms with Gasteiger partial charge < -0.3 is 19.6 Å². The summed E-state index contributed by atoms with van der Waals surface area (Å²) in [5.41, 5.74) is 0. The Morgan fingerprint density at radius 3 is 2.60 bits per heavy atom. The van der Waals surface area contributed by atoms with Gasteiger partial charge in [0, 0.05) is 38.8 Å². The number of carbonyl (C=O) groups is 1. The molecule has 0 spiro atoms. The van der Waals surface area contributed by atoms with Crippen molar-refractivity contribution >= 4 is 5.91 Å². The molecule has 0 unspecified atom stereocenters. The van der Waals surface area contributed by atoms with Crippen LogP contribution in [-0.2, 0) is 9.53 Å². The molecule has 5 nitrogen and oxygen atoms in total. The zero-order valence-corrected chi connectivity index (χ0v) is 9.64. The molecule has 1 N–H and O–H groups in total. The molecule has 0 aromatic rings. The maximum atomic E-state index is 11.6. The maximum absolute atomic E-state index is 11.6. The van der Waals surface area contributed by atoms with E-state index in [9.17, 15) is 9.90 Å². The molecule has 0 saturated carbocycles. The van der Waals surface area contributed by atoms with Crippen LogP contribution in [0.15, 0.2) is 0 Å². The van der Waals surface area contributed by atoms with Crippen molar-refractivity contribution in [1.29, 1.82) is 0 Å². The van der Waals surface area contributed by atoms with Crippen LogP contribution in [0.2, 0.25) is 0 Å². The zero-order valence-electron chi connectivity index (χ0n) is 9.64. The van der Waals surface area contributed by atoms with Gasteiger partial charge in [0.15, 0.2) is 0 Å². The molecule has 1 fully saturated rings. The Bertz CT molecular complexity index is 221. The molecular formula is C10H20N2O3. The topological polar surface area (TPSA) is 53.0 Å². The third-order valence-electron chi connectivity index (χ3n) is 2.92. The Labute approximate surface area is 90.6 Å². The number of ether oxygens (including phenoxy) is 1. The minimum absolute atomic E-state index is 0.000278. The van der Waals surface area contributed by atoms with Crippen molar-refractivity contribution in [2.24, 2.45) is 5.92 Å². The minimum atomic E-state index is 0.000278. The molecule has 1 rings (SSSR count). The maximum Gasteiger partial charge on any atom is 0.248 e. The first-order valence-electron chi connectivity index (χ1n) is 5.14. The summed E-state index contributed by atoms with van der Waals surface area (Å²) in [5, 5.41) is 9.22. The van der Waals surface area contributed by atoms with Crippen LogP contribution < -0.4 is 0 Å². The number of likely N-dealkylation sites (tertiary alicyclic amines) is 1. The van der Waals surface area contributed by atoms with Gasteiger partial charge in [-0.05, 0) is 14.1 Å². The van der Waals surface area contributed by atoms with E-state index in [1.807, 2.05) is 14.1 Å². The summed E-state index contributed by atoms with van der Waals surface area (Å²) in [7, 11) is 5.45. The van der Waals surface area contributed by atoms with E-state index < -0.39 is 0 Å². The van der Waals surface area contributed by atoms with Gasteiger partial charge in [-0.2, -0.15) is 0 Å². The fourth-order valence-corrected chi connectivity index (χ4v) is 2.04. The van der Waals surface area contributed by atoms with Crippen LogP contribution in [0.1, 0.15) is 0 Å². The van der Waals surface area contributed by atoms with Crippen LogP contribution >= 0.6 is 0 Å². The highest BCUT2D eigenvalue weighted by Crippen LogP contribution is 2.20. The standard InChI is InChI=1S/C10H20N2O3/c1-11(2)9-5-12(4-8(9)6-13)10(14)7-15-3/h8-9,13H,4-7H2,1-3H3/t8-,9+/m0/s1. The normalized spacial score (nSPS) is 26.3. The van der Waals surface area contributed by atoms with Gasteiger partial charge in [-0.1, -0.05) is 0 Å². The van der Waals surface area contributed by atoms with Crippen molar-refractivity contribution in [1.82, 2.24) is 9.80 Å². The van der Waals surface area contributed by atoms with Crippen molar-refractivity contribution < 1.29 is 14.6 Å².